The van der Waals surface area contributed by atoms with Gasteiger partial charge in [0.1, 0.15) is 11.4 Å². The summed E-state index contributed by atoms with van der Waals surface area (Å²) in [6.45, 7) is 8.29. The second-order valence-corrected chi connectivity index (χ2v) is 5.55. The molecule has 0 radical (unpaired) electrons. The first-order chi connectivity index (χ1) is 9.11. The van der Waals surface area contributed by atoms with Crippen molar-refractivity contribution in [3.8, 4) is 5.75 Å². The average Bonchev–Trinajstić information content (AvgIpc) is 2.38. The Morgan fingerprint density at radius 3 is 2.53 bits per heavy atom. The molecule has 19 heavy (non-hydrogen) atoms. The molecule has 0 bridgehead atoms. The Morgan fingerprint density at radius 2 is 1.79 bits per heavy atom. The van der Waals surface area contributed by atoms with Gasteiger partial charge < -0.3 is 10.1 Å². The van der Waals surface area contributed by atoms with E-state index in [1.54, 1.807) is 0 Å². The molecule has 2 aromatic rings. The fourth-order valence-corrected chi connectivity index (χ4v) is 2.15. The number of benzene rings is 2. The molecule has 0 atom stereocenters. The second-order valence-electron chi connectivity index (χ2n) is 5.55. The molecule has 0 aliphatic carbocycles. The van der Waals surface area contributed by atoms with Crippen molar-refractivity contribution in [2.45, 2.75) is 32.8 Å². The van der Waals surface area contributed by atoms with Crippen LogP contribution in [0.5, 0.6) is 5.75 Å². The third-order valence-corrected chi connectivity index (χ3v) is 3.09. The molecule has 0 amide bonds. The van der Waals surface area contributed by atoms with E-state index < -0.39 is 0 Å². The number of fused-ring (bicyclic) bond motifs is 1. The first kappa shape index (κ1) is 13.9. The largest absolute Gasteiger partial charge is 0.487 e. The topological polar surface area (TPSA) is 21.3 Å². The Kier molecular flexibility index (Phi) is 4.43. The van der Waals surface area contributed by atoms with Gasteiger partial charge in [0.2, 0.25) is 0 Å². The molecule has 2 heteroatoms. The van der Waals surface area contributed by atoms with Gasteiger partial charge in [-0.15, -0.1) is 0 Å². The third-order valence-electron chi connectivity index (χ3n) is 3.09. The average molecular weight is 257 g/mol. The lowest BCUT2D eigenvalue weighted by molar-refractivity contribution is 0.108. The molecule has 0 aliphatic heterocycles. The Bertz CT molecular complexity index is 534. The minimum absolute atomic E-state index is 0.197. The number of nitrogens with one attached hydrogen (secondary N) is 1. The third kappa shape index (κ3) is 3.97. The van der Waals surface area contributed by atoms with Crippen LogP contribution in [0.2, 0.25) is 0 Å². The summed E-state index contributed by atoms with van der Waals surface area (Å²) in [6, 6.07) is 14.6. The van der Waals surface area contributed by atoms with Crippen molar-refractivity contribution in [2.75, 3.05) is 13.1 Å². The van der Waals surface area contributed by atoms with Gasteiger partial charge in [-0.05, 0) is 49.7 Å². The van der Waals surface area contributed by atoms with Crippen LogP contribution < -0.4 is 10.1 Å². The summed E-state index contributed by atoms with van der Waals surface area (Å²) in [5.41, 5.74) is -0.197. The summed E-state index contributed by atoms with van der Waals surface area (Å²) in [4.78, 5) is 0. The van der Waals surface area contributed by atoms with E-state index in [9.17, 15) is 0 Å². The lowest BCUT2D eigenvalue weighted by Crippen LogP contribution is -2.40. The highest BCUT2D eigenvalue weighted by Gasteiger charge is 2.19. The maximum atomic E-state index is 6.09. The van der Waals surface area contributed by atoms with Gasteiger partial charge in [0.25, 0.3) is 0 Å². The SMILES string of the molecule is CCCNCC(C)(C)Oc1ccc2ccccc2c1. The van der Waals surface area contributed by atoms with Crippen LogP contribution in [-0.4, -0.2) is 18.7 Å². The Labute approximate surface area is 115 Å². The van der Waals surface area contributed by atoms with Crippen molar-refractivity contribution >= 4 is 10.8 Å². The number of ether oxygens (including phenoxy) is 1. The fourth-order valence-electron chi connectivity index (χ4n) is 2.15. The van der Waals surface area contributed by atoms with E-state index in [0.717, 1.165) is 25.3 Å². The van der Waals surface area contributed by atoms with Crippen molar-refractivity contribution in [1.82, 2.24) is 5.32 Å². The summed E-state index contributed by atoms with van der Waals surface area (Å²) in [5.74, 6) is 0.932. The van der Waals surface area contributed by atoms with Crippen molar-refractivity contribution in [1.29, 1.82) is 0 Å². The van der Waals surface area contributed by atoms with E-state index >= 15 is 0 Å². The predicted octanol–water partition coefficient (Wildman–Crippen LogP) is 4.00. The second kappa shape index (κ2) is 6.07. The van der Waals surface area contributed by atoms with Crippen LogP contribution >= 0.6 is 0 Å². The molecule has 0 spiro atoms. The highest BCUT2D eigenvalue weighted by molar-refractivity contribution is 5.83. The molecular weight excluding hydrogens is 234 g/mol. The number of hydrogen-bond acceptors (Lipinski definition) is 2. The van der Waals surface area contributed by atoms with E-state index in [1.807, 2.05) is 6.07 Å². The van der Waals surface area contributed by atoms with Crippen LogP contribution in [0.1, 0.15) is 27.2 Å². The Balaban J connectivity index is 2.07. The normalized spacial score (nSPS) is 11.7. The lowest BCUT2D eigenvalue weighted by Gasteiger charge is -2.27. The molecular formula is C17H23NO. The monoisotopic (exact) mass is 257 g/mol. The number of rotatable bonds is 6. The minimum Gasteiger partial charge on any atom is -0.487 e. The van der Waals surface area contributed by atoms with Crippen LogP contribution in [0.3, 0.4) is 0 Å². The standard InChI is InChI=1S/C17H23NO/c1-4-11-18-13-17(2,3)19-16-10-9-14-7-5-6-8-15(14)12-16/h5-10,12,18H,4,11,13H2,1-3H3. The molecule has 0 fully saturated rings. The molecule has 0 unspecified atom stereocenters. The van der Waals surface area contributed by atoms with Crippen molar-refractivity contribution < 1.29 is 4.74 Å². The molecule has 0 saturated heterocycles. The molecule has 2 rings (SSSR count). The molecule has 2 aromatic carbocycles. The summed E-state index contributed by atoms with van der Waals surface area (Å²) in [7, 11) is 0. The maximum Gasteiger partial charge on any atom is 0.120 e. The van der Waals surface area contributed by atoms with Crippen molar-refractivity contribution in [2.24, 2.45) is 0 Å². The summed E-state index contributed by atoms with van der Waals surface area (Å²) >= 11 is 0. The van der Waals surface area contributed by atoms with Gasteiger partial charge in [0, 0.05) is 6.54 Å². The van der Waals surface area contributed by atoms with E-state index in [4.69, 9.17) is 4.74 Å². The van der Waals surface area contributed by atoms with Crippen LogP contribution in [0, 0.1) is 0 Å². The summed E-state index contributed by atoms with van der Waals surface area (Å²) in [5, 5.41) is 5.87. The van der Waals surface area contributed by atoms with Crippen molar-refractivity contribution in [3.05, 3.63) is 42.5 Å². The van der Waals surface area contributed by atoms with Crippen LogP contribution in [0.4, 0.5) is 0 Å². The smallest absolute Gasteiger partial charge is 0.120 e. The van der Waals surface area contributed by atoms with Gasteiger partial charge in [-0.1, -0.05) is 37.3 Å². The Hall–Kier alpha value is -1.54. The van der Waals surface area contributed by atoms with E-state index in [-0.39, 0.29) is 5.60 Å². The molecule has 102 valence electrons. The highest BCUT2D eigenvalue weighted by atomic mass is 16.5. The molecule has 2 nitrogen and oxygen atoms in total. The fraction of sp³-hybridized carbons (Fsp3) is 0.412. The molecule has 0 aliphatic rings. The lowest BCUT2D eigenvalue weighted by atomic mass is 10.1. The quantitative estimate of drug-likeness (QED) is 0.790. The van der Waals surface area contributed by atoms with Crippen LogP contribution in [0.15, 0.2) is 42.5 Å². The minimum atomic E-state index is -0.197. The van der Waals surface area contributed by atoms with Crippen molar-refractivity contribution in [3.63, 3.8) is 0 Å². The van der Waals surface area contributed by atoms with E-state index in [2.05, 4.69) is 62.5 Å². The van der Waals surface area contributed by atoms with Gasteiger partial charge in [-0.25, -0.2) is 0 Å². The summed E-state index contributed by atoms with van der Waals surface area (Å²) < 4.78 is 6.09. The number of hydrogen-bond donors (Lipinski definition) is 1. The zero-order valence-electron chi connectivity index (χ0n) is 12.1. The molecule has 0 aromatic heterocycles. The van der Waals surface area contributed by atoms with Gasteiger partial charge >= 0.3 is 0 Å². The van der Waals surface area contributed by atoms with Gasteiger partial charge in [0.05, 0.1) is 0 Å². The van der Waals surface area contributed by atoms with Gasteiger partial charge in [0.15, 0.2) is 0 Å². The first-order valence-electron chi connectivity index (χ1n) is 6.99. The van der Waals surface area contributed by atoms with E-state index in [0.29, 0.717) is 0 Å². The van der Waals surface area contributed by atoms with Gasteiger partial charge in [-0.3, -0.25) is 0 Å². The van der Waals surface area contributed by atoms with E-state index in [1.165, 1.54) is 10.8 Å². The first-order valence-corrected chi connectivity index (χ1v) is 6.99. The van der Waals surface area contributed by atoms with Crippen LogP contribution in [-0.2, 0) is 0 Å². The van der Waals surface area contributed by atoms with Crippen LogP contribution in [0.25, 0.3) is 10.8 Å². The maximum absolute atomic E-state index is 6.09. The zero-order valence-corrected chi connectivity index (χ0v) is 12.1. The Morgan fingerprint density at radius 1 is 1.05 bits per heavy atom. The molecule has 0 heterocycles. The molecule has 0 saturated carbocycles. The van der Waals surface area contributed by atoms with Gasteiger partial charge in [-0.2, -0.15) is 0 Å². The predicted molar refractivity (Wildman–Crippen MR) is 81.8 cm³/mol. The zero-order chi connectivity index (χ0) is 13.7. The summed E-state index contributed by atoms with van der Waals surface area (Å²) in [6.07, 6.45) is 1.14. The molecule has 1 N–H and O–H groups in total. The highest BCUT2D eigenvalue weighted by Crippen LogP contribution is 2.23.